The van der Waals surface area contributed by atoms with E-state index in [-0.39, 0.29) is 6.61 Å². The van der Waals surface area contributed by atoms with Crippen molar-refractivity contribution in [2.75, 3.05) is 6.61 Å². The SMILES string of the molecule is CCCCO[C@]1(F)C(Br)(Br)[C@]1(F)Cl. The average molecular weight is 342 g/mol. The highest BCUT2D eigenvalue weighted by atomic mass is 79.9. The molecule has 2 atom stereocenters. The molecular formula is C7H9Br2ClF2O. The molecule has 1 aliphatic carbocycles. The third kappa shape index (κ3) is 1.56. The number of hydrogen-bond donors (Lipinski definition) is 0. The Morgan fingerprint density at radius 1 is 1.38 bits per heavy atom. The molecule has 0 amide bonds. The van der Waals surface area contributed by atoms with Gasteiger partial charge in [-0.25, -0.2) is 8.78 Å². The summed E-state index contributed by atoms with van der Waals surface area (Å²) in [6.45, 7) is 2.09. The summed E-state index contributed by atoms with van der Waals surface area (Å²) in [6, 6.07) is 0. The monoisotopic (exact) mass is 340 g/mol. The van der Waals surface area contributed by atoms with Gasteiger partial charge in [0.1, 0.15) is 0 Å². The van der Waals surface area contributed by atoms with Crippen LogP contribution in [0.3, 0.4) is 0 Å². The van der Waals surface area contributed by atoms with Crippen molar-refractivity contribution >= 4 is 43.5 Å². The summed E-state index contributed by atoms with van der Waals surface area (Å²) in [5, 5.41) is -2.53. The number of hydrogen-bond acceptors (Lipinski definition) is 1. The topological polar surface area (TPSA) is 9.23 Å². The molecule has 0 bridgehead atoms. The molecule has 1 rings (SSSR count). The summed E-state index contributed by atoms with van der Waals surface area (Å²) in [5.41, 5.74) is 0. The first-order valence-corrected chi connectivity index (χ1v) is 5.86. The Morgan fingerprint density at radius 2 is 1.85 bits per heavy atom. The molecule has 0 spiro atoms. The van der Waals surface area contributed by atoms with Gasteiger partial charge in [-0.15, -0.1) is 0 Å². The van der Waals surface area contributed by atoms with Gasteiger partial charge < -0.3 is 4.74 Å². The molecule has 0 radical (unpaired) electrons. The lowest BCUT2D eigenvalue weighted by atomic mass is 10.4. The highest BCUT2D eigenvalue weighted by Crippen LogP contribution is 2.74. The summed E-state index contributed by atoms with van der Waals surface area (Å²) in [7, 11) is 0. The van der Waals surface area contributed by atoms with E-state index >= 15 is 0 Å². The molecule has 1 aliphatic rings. The molecule has 78 valence electrons. The third-order valence-electron chi connectivity index (χ3n) is 1.94. The maximum atomic E-state index is 13.6. The molecule has 0 aromatic rings. The van der Waals surface area contributed by atoms with Crippen molar-refractivity contribution in [3.05, 3.63) is 0 Å². The first-order valence-electron chi connectivity index (χ1n) is 3.89. The smallest absolute Gasteiger partial charge is 0.290 e. The van der Waals surface area contributed by atoms with Crippen molar-refractivity contribution in [3.8, 4) is 0 Å². The van der Waals surface area contributed by atoms with Crippen LogP contribution >= 0.6 is 43.5 Å². The molecule has 1 fully saturated rings. The van der Waals surface area contributed by atoms with Crippen molar-refractivity contribution in [1.29, 1.82) is 0 Å². The molecule has 1 saturated carbocycles. The molecule has 0 aromatic heterocycles. The second kappa shape index (κ2) is 3.58. The average Bonchev–Trinajstić information content (AvgIpc) is 2.30. The van der Waals surface area contributed by atoms with Crippen LogP contribution in [0.15, 0.2) is 0 Å². The fourth-order valence-electron chi connectivity index (χ4n) is 0.902. The van der Waals surface area contributed by atoms with Crippen LogP contribution in [0.4, 0.5) is 8.78 Å². The van der Waals surface area contributed by atoms with Crippen molar-refractivity contribution in [2.24, 2.45) is 0 Å². The van der Waals surface area contributed by atoms with E-state index in [9.17, 15) is 8.78 Å². The molecule has 0 saturated heterocycles. The van der Waals surface area contributed by atoms with Crippen LogP contribution in [-0.2, 0) is 4.74 Å². The lowest BCUT2D eigenvalue weighted by Crippen LogP contribution is -2.18. The Labute approximate surface area is 97.4 Å². The number of alkyl halides is 5. The van der Waals surface area contributed by atoms with E-state index in [1.54, 1.807) is 0 Å². The normalized spacial score (nSPS) is 42.0. The van der Waals surface area contributed by atoms with Gasteiger partial charge in [0.25, 0.3) is 11.0 Å². The molecule has 0 N–H and O–H groups in total. The zero-order chi connectivity index (χ0) is 10.3. The fourth-order valence-corrected chi connectivity index (χ4v) is 2.49. The molecule has 6 heteroatoms. The Bertz CT molecular complexity index is 197. The van der Waals surface area contributed by atoms with Gasteiger partial charge in [0, 0.05) is 0 Å². The van der Waals surface area contributed by atoms with E-state index in [0.717, 1.165) is 6.42 Å². The van der Waals surface area contributed by atoms with Crippen LogP contribution in [0.5, 0.6) is 0 Å². The van der Waals surface area contributed by atoms with Crippen molar-refractivity contribution < 1.29 is 13.5 Å². The van der Waals surface area contributed by atoms with Gasteiger partial charge >= 0.3 is 0 Å². The maximum Gasteiger partial charge on any atom is 0.290 e. The predicted molar refractivity (Wildman–Crippen MR) is 55.0 cm³/mol. The Hall–Kier alpha value is 1.07. The molecule has 0 unspecified atom stereocenters. The van der Waals surface area contributed by atoms with E-state index in [2.05, 4.69) is 31.9 Å². The van der Waals surface area contributed by atoms with Crippen LogP contribution in [-0.4, -0.2) is 20.8 Å². The van der Waals surface area contributed by atoms with Gasteiger partial charge in [0.05, 0.1) is 6.61 Å². The van der Waals surface area contributed by atoms with Crippen molar-refractivity contribution in [1.82, 2.24) is 0 Å². The predicted octanol–water partition coefficient (Wildman–Crippen LogP) is 3.87. The minimum absolute atomic E-state index is 0.157. The highest BCUT2D eigenvalue weighted by molar-refractivity contribution is 9.25. The van der Waals surface area contributed by atoms with Gasteiger partial charge in [-0.05, 0) is 6.42 Å². The molecule has 13 heavy (non-hydrogen) atoms. The fraction of sp³-hybridized carbons (Fsp3) is 1.00. The number of unbranched alkanes of at least 4 members (excludes halogenated alkanes) is 1. The summed E-state index contributed by atoms with van der Waals surface area (Å²) in [6.07, 6.45) is 1.53. The summed E-state index contributed by atoms with van der Waals surface area (Å²) in [4.78, 5) is 0. The van der Waals surface area contributed by atoms with Crippen LogP contribution < -0.4 is 0 Å². The van der Waals surface area contributed by atoms with E-state index in [1.165, 1.54) is 0 Å². The molecule has 0 aromatic carbocycles. The van der Waals surface area contributed by atoms with Gasteiger partial charge in [-0.3, -0.25) is 0 Å². The summed E-state index contributed by atoms with van der Waals surface area (Å²) >= 11 is 10.8. The van der Waals surface area contributed by atoms with Gasteiger partial charge in [0.15, 0.2) is 3.23 Å². The van der Waals surface area contributed by atoms with Crippen LogP contribution in [0.2, 0.25) is 0 Å². The first-order chi connectivity index (χ1) is 5.81. The van der Waals surface area contributed by atoms with Crippen LogP contribution in [0, 0.1) is 0 Å². The highest BCUT2D eigenvalue weighted by Gasteiger charge is 2.92. The molecule has 1 nitrogen and oxygen atoms in total. The Balaban J connectivity index is 2.51. The van der Waals surface area contributed by atoms with Crippen LogP contribution in [0.25, 0.3) is 0 Å². The van der Waals surface area contributed by atoms with E-state index in [4.69, 9.17) is 16.3 Å². The van der Waals surface area contributed by atoms with E-state index in [0.29, 0.717) is 6.42 Å². The minimum atomic E-state index is -2.53. The standard InChI is InChI=1S/C7H9Br2ClF2O/c1-2-3-4-13-7(12)5(8,9)6(7,10)11/h2-4H2,1H3/t6-,7-/m1/s1. The number of ether oxygens (including phenoxy) is 1. The zero-order valence-electron chi connectivity index (χ0n) is 6.92. The lowest BCUT2D eigenvalue weighted by Gasteiger charge is -2.08. The quantitative estimate of drug-likeness (QED) is 0.557. The van der Waals surface area contributed by atoms with Crippen molar-refractivity contribution in [2.45, 2.75) is 34.0 Å². The minimum Gasteiger partial charge on any atom is -0.340 e. The lowest BCUT2D eigenvalue weighted by molar-refractivity contribution is -0.0863. The maximum absolute atomic E-state index is 13.6. The van der Waals surface area contributed by atoms with Crippen LogP contribution in [0.1, 0.15) is 19.8 Å². The summed E-state index contributed by atoms with van der Waals surface area (Å²) in [5.74, 6) is -2.48. The van der Waals surface area contributed by atoms with Gasteiger partial charge in [-0.1, -0.05) is 56.8 Å². The van der Waals surface area contributed by atoms with Gasteiger partial charge in [-0.2, -0.15) is 0 Å². The number of halogens is 5. The summed E-state index contributed by atoms with van der Waals surface area (Å²) < 4.78 is 29.9. The van der Waals surface area contributed by atoms with Gasteiger partial charge in [0.2, 0.25) is 0 Å². The van der Waals surface area contributed by atoms with Crippen molar-refractivity contribution in [3.63, 3.8) is 0 Å². The zero-order valence-corrected chi connectivity index (χ0v) is 10.8. The first kappa shape index (κ1) is 12.1. The molecule has 0 heterocycles. The largest absolute Gasteiger partial charge is 0.340 e. The molecule has 0 aliphatic heterocycles. The van der Waals surface area contributed by atoms with E-state index in [1.807, 2.05) is 6.92 Å². The number of rotatable bonds is 4. The Morgan fingerprint density at radius 3 is 2.15 bits per heavy atom. The molecular weight excluding hydrogens is 333 g/mol. The second-order valence-corrected chi connectivity index (χ2v) is 6.91. The third-order valence-corrected chi connectivity index (χ3v) is 5.03. The van der Waals surface area contributed by atoms with E-state index < -0.39 is 14.2 Å². The second-order valence-electron chi connectivity index (χ2n) is 2.95. The Kier molecular flexibility index (Phi) is 3.34.